The fourth-order valence-electron chi connectivity index (χ4n) is 6.27. The Hall–Kier alpha value is -4.14. The number of nitrogens with zero attached hydrogens (tertiary/aromatic N) is 4. The van der Waals surface area contributed by atoms with Crippen LogP contribution in [0, 0.1) is 5.82 Å². The number of fused-ring (bicyclic) bond motifs is 1. The van der Waals surface area contributed by atoms with Crippen LogP contribution in [0.5, 0.6) is 0 Å². The number of hydrogen-bond acceptors (Lipinski definition) is 10. The highest BCUT2D eigenvalue weighted by Gasteiger charge is 2.45. The second kappa shape index (κ2) is 12.5. The molecule has 2 aromatic carbocycles. The quantitative estimate of drug-likeness (QED) is 0.219. The van der Waals surface area contributed by atoms with E-state index in [0.29, 0.717) is 41.8 Å². The molecule has 3 aromatic rings. The van der Waals surface area contributed by atoms with E-state index in [9.17, 15) is 24.9 Å². The van der Waals surface area contributed by atoms with Crippen LogP contribution < -0.4 is 21.3 Å². The number of halogens is 1. The third kappa shape index (κ3) is 5.97. The monoisotopic (exact) mass is 605 g/mol. The minimum atomic E-state index is -1.30. The highest BCUT2D eigenvalue weighted by atomic mass is 19.1. The van der Waals surface area contributed by atoms with Crippen molar-refractivity contribution in [3.05, 3.63) is 88.5 Å². The van der Waals surface area contributed by atoms with E-state index in [0.717, 1.165) is 37.4 Å². The molecular weight excluding hydrogens is 569 g/mol. The number of aromatic nitrogens is 1. The van der Waals surface area contributed by atoms with E-state index < -0.39 is 36.5 Å². The van der Waals surface area contributed by atoms with Crippen LogP contribution >= 0.6 is 0 Å². The number of nitrogens with two attached hydrogens (primary N) is 1. The minimum absolute atomic E-state index is 0.140. The number of carbonyl (C=O) groups is 2. The minimum Gasteiger partial charge on any atom is -0.380 e. The molecule has 0 spiro atoms. The fraction of sp³-hybridized carbons (Fsp3) is 0.387. The lowest BCUT2D eigenvalue weighted by Gasteiger charge is -2.39. The summed E-state index contributed by atoms with van der Waals surface area (Å²) in [5, 5.41) is 37.1. The Morgan fingerprint density at radius 3 is 2.59 bits per heavy atom. The van der Waals surface area contributed by atoms with Gasteiger partial charge in [-0.05, 0) is 48.7 Å². The smallest absolute Gasteiger partial charge is 0.267 e. The zero-order valence-electron chi connectivity index (χ0n) is 24.1. The van der Waals surface area contributed by atoms with Crippen LogP contribution in [0.4, 0.5) is 15.8 Å². The average Bonchev–Trinajstić information content (AvgIpc) is 3.27. The summed E-state index contributed by atoms with van der Waals surface area (Å²) in [4.78, 5) is 34.3. The number of carbonyl (C=O) groups excluding carboxylic acids is 2. The van der Waals surface area contributed by atoms with Gasteiger partial charge in [-0.15, -0.1) is 0 Å². The van der Waals surface area contributed by atoms with Crippen LogP contribution in [0.25, 0.3) is 0 Å². The van der Waals surface area contributed by atoms with Crippen molar-refractivity contribution >= 4 is 23.2 Å². The summed E-state index contributed by atoms with van der Waals surface area (Å²) in [6.07, 6.45) is -1.12. The van der Waals surface area contributed by atoms with Gasteiger partial charge in [-0.2, -0.15) is 0 Å². The first-order valence-corrected chi connectivity index (χ1v) is 14.7. The Labute approximate surface area is 253 Å². The van der Waals surface area contributed by atoms with Gasteiger partial charge in [0.2, 0.25) is 0 Å². The molecule has 7 N–H and O–H groups in total. The van der Waals surface area contributed by atoms with Crippen molar-refractivity contribution in [2.75, 3.05) is 36.4 Å². The molecule has 2 saturated heterocycles. The zero-order valence-corrected chi connectivity index (χ0v) is 24.1. The van der Waals surface area contributed by atoms with Crippen molar-refractivity contribution in [1.29, 1.82) is 0 Å². The maximum Gasteiger partial charge on any atom is 0.267 e. The molecule has 1 aromatic heterocycles. The summed E-state index contributed by atoms with van der Waals surface area (Å²) in [6.45, 7) is 3.77. The zero-order chi connectivity index (χ0) is 31.0. The van der Waals surface area contributed by atoms with E-state index in [-0.39, 0.29) is 18.1 Å². The van der Waals surface area contributed by atoms with E-state index in [1.165, 1.54) is 11.0 Å². The van der Waals surface area contributed by atoms with Crippen molar-refractivity contribution in [3.8, 4) is 0 Å². The molecule has 4 heterocycles. The molecule has 0 bridgehead atoms. The SMILES string of the molecule is NC(=O)c1cc(N2CCN(Cc3ccc(CNc4cccc5c4C(O)N(C4CCC(O)NC4O)C5=O)c(F)c3)CC2)ccn1. The number of anilines is 2. The molecule has 12 nitrogen and oxygen atoms in total. The number of piperazine rings is 1. The van der Waals surface area contributed by atoms with Gasteiger partial charge in [0.15, 0.2) is 6.23 Å². The standard InChI is InChI=1S/C31H36FN7O5/c32-22-14-18(17-37-10-12-38(13-11-37)20-8-9-34-24(15-20)28(33)41)4-5-19(22)16-35-23-3-1-2-21-27(23)31(44)39(30(21)43)25-6-7-26(40)36-29(25)42/h1-5,8-9,14-15,25-26,29,31,35-36,40,42,44H,6-7,10-13,16-17H2,(H2,33,41). The summed E-state index contributed by atoms with van der Waals surface area (Å²) in [5.41, 5.74) is 8.97. The number of pyridine rings is 1. The maximum absolute atomic E-state index is 15.2. The Kier molecular flexibility index (Phi) is 8.47. The second-order valence-electron chi connectivity index (χ2n) is 11.4. The Balaban J connectivity index is 1.07. The summed E-state index contributed by atoms with van der Waals surface area (Å²) in [6, 6.07) is 13.1. The summed E-state index contributed by atoms with van der Waals surface area (Å²) >= 11 is 0. The number of amides is 2. The maximum atomic E-state index is 15.2. The molecule has 4 atom stereocenters. The van der Waals surface area contributed by atoms with Crippen molar-refractivity contribution in [1.82, 2.24) is 20.1 Å². The Bertz CT molecular complexity index is 1550. The molecule has 4 unspecified atom stereocenters. The molecule has 44 heavy (non-hydrogen) atoms. The largest absolute Gasteiger partial charge is 0.380 e. The van der Waals surface area contributed by atoms with Gasteiger partial charge in [-0.1, -0.05) is 18.2 Å². The van der Waals surface area contributed by atoms with E-state index in [1.807, 2.05) is 12.1 Å². The van der Waals surface area contributed by atoms with E-state index in [4.69, 9.17) is 5.73 Å². The van der Waals surface area contributed by atoms with E-state index >= 15 is 4.39 Å². The summed E-state index contributed by atoms with van der Waals surface area (Å²) in [7, 11) is 0. The van der Waals surface area contributed by atoms with Gasteiger partial charge in [-0.25, -0.2) is 4.39 Å². The molecule has 2 fully saturated rings. The number of nitrogens with one attached hydrogen (secondary N) is 2. The van der Waals surface area contributed by atoms with E-state index in [1.54, 1.807) is 36.5 Å². The van der Waals surface area contributed by atoms with Gasteiger partial charge in [0.1, 0.15) is 24.0 Å². The van der Waals surface area contributed by atoms with Gasteiger partial charge < -0.3 is 36.2 Å². The number of rotatable bonds is 8. The van der Waals surface area contributed by atoms with Gasteiger partial charge in [0.05, 0.1) is 6.04 Å². The molecular formula is C31H36FN7O5. The van der Waals surface area contributed by atoms with E-state index in [2.05, 4.69) is 25.4 Å². The molecule has 6 rings (SSSR count). The lowest BCUT2D eigenvalue weighted by atomic mass is 10.0. The molecule has 2 amide bonds. The van der Waals surface area contributed by atoms with Crippen LogP contribution in [-0.2, 0) is 13.1 Å². The van der Waals surface area contributed by atoms with Gasteiger partial charge in [0.25, 0.3) is 11.8 Å². The third-order valence-electron chi connectivity index (χ3n) is 8.64. The van der Waals surface area contributed by atoms with Crippen LogP contribution in [-0.4, -0.2) is 86.6 Å². The highest BCUT2D eigenvalue weighted by Crippen LogP contribution is 2.40. The average molecular weight is 606 g/mol. The fourth-order valence-corrected chi connectivity index (χ4v) is 6.27. The number of primary amides is 1. The van der Waals surface area contributed by atoms with Crippen LogP contribution in [0.1, 0.15) is 56.6 Å². The van der Waals surface area contributed by atoms with Crippen molar-refractivity contribution in [2.24, 2.45) is 5.73 Å². The van der Waals surface area contributed by atoms with Gasteiger partial charge >= 0.3 is 0 Å². The summed E-state index contributed by atoms with van der Waals surface area (Å²) < 4.78 is 15.2. The Morgan fingerprint density at radius 1 is 1.07 bits per heavy atom. The topological polar surface area (TPSA) is 168 Å². The summed E-state index contributed by atoms with van der Waals surface area (Å²) in [5.74, 6) is -1.33. The number of piperidine rings is 1. The predicted octanol–water partition coefficient (Wildman–Crippen LogP) is 1.09. The first-order valence-electron chi connectivity index (χ1n) is 14.7. The molecule has 0 saturated carbocycles. The van der Waals surface area contributed by atoms with Gasteiger partial charge in [-0.3, -0.25) is 24.8 Å². The molecule has 0 aliphatic carbocycles. The number of benzene rings is 2. The van der Waals surface area contributed by atoms with Crippen LogP contribution in [0.2, 0.25) is 0 Å². The molecule has 232 valence electrons. The predicted molar refractivity (Wildman–Crippen MR) is 160 cm³/mol. The number of aliphatic hydroxyl groups excluding tert-OH is 3. The van der Waals surface area contributed by atoms with Crippen LogP contribution in [0.3, 0.4) is 0 Å². The number of aliphatic hydroxyl groups is 3. The molecule has 13 heteroatoms. The van der Waals surface area contributed by atoms with Crippen molar-refractivity contribution in [2.45, 2.75) is 50.7 Å². The second-order valence-corrected chi connectivity index (χ2v) is 11.4. The van der Waals surface area contributed by atoms with Crippen LogP contribution in [0.15, 0.2) is 54.7 Å². The third-order valence-corrected chi connectivity index (χ3v) is 8.64. The Morgan fingerprint density at radius 2 is 1.86 bits per heavy atom. The lowest BCUT2D eigenvalue weighted by Crippen LogP contribution is -2.57. The van der Waals surface area contributed by atoms with Crippen molar-refractivity contribution in [3.63, 3.8) is 0 Å². The normalized spacial score (nSPS) is 24.0. The molecule has 3 aliphatic heterocycles. The number of hydrogen-bond donors (Lipinski definition) is 6. The first-order chi connectivity index (χ1) is 21.2. The first kappa shape index (κ1) is 29.9. The van der Waals surface area contributed by atoms with Crippen molar-refractivity contribution < 1.29 is 29.3 Å². The molecule has 3 aliphatic rings. The molecule has 0 radical (unpaired) electrons. The van der Waals surface area contributed by atoms with Gasteiger partial charge in [0, 0.05) is 73.5 Å². The highest BCUT2D eigenvalue weighted by molar-refractivity contribution is 6.01. The lowest BCUT2D eigenvalue weighted by molar-refractivity contribution is -0.0858.